The molecule has 0 bridgehead atoms. The molecule has 0 spiro atoms. The van der Waals surface area contributed by atoms with Gasteiger partial charge in [0, 0.05) is 6.04 Å². The van der Waals surface area contributed by atoms with Gasteiger partial charge in [-0.25, -0.2) is 0 Å². The number of furan rings is 1. The van der Waals surface area contributed by atoms with Gasteiger partial charge in [0.15, 0.2) is 11.5 Å². The summed E-state index contributed by atoms with van der Waals surface area (Å²) < 4.78 is 10.0. The molecule has 2 N–H and O–H groups in total. The smallest absolute Gasteiger partial charge is 0.302 e. The SMILES string of the molecule is O=C(NC1CCCC1)c1coc(NC(=O)c2ccco2)n1. The van der Waals surface area contributed by atoms with Gasteiger partial charge >= 0.3 is 6.01 Å². The number of nitrogens with zero attached hydrogens (tertiary/aromatic N) is 1. The molecule has 1 aliphatic carbocycles. The molecule has 0 unspecified atom stereocenters. The van der Waals surface area contributed by atoms with Crippen molar-refractivity contribution in [3.05, 3.63) is 36.1 Å². The van der Waals surface area contributed by atoms with Gasteiger partial charge < -0.3 is 14.2 Å². The van der Waals surface area contributed by atoms with E-state index in [1.54, 1.807) is 6.07 Å². The summed E-state index contributed by atoms with van der Waals surface area (Å²) in [6.07, 6.45) is 6.87. The van der Waals surface area contributed by atoms with E-state index >= 15 is 0 Å². The fourth-order valence-electron chi connectivity index (χ4n) is 2.33. The predicted octanol–water partition coefficient (Wildman–Crippen LogP) is 2.19. The average Bonchev–Trinajstić information content (AvgIpc) is 3.21. The van der Waals surface area contributed by atoms with Crippen molar-refractivity contribution in [2.24, 2.45) is 0 Å². The molecule has 2 heterocycles. The number of anilines is 1. The fraction of sp³-hybridized carbons (Fsp3) is 0.357. The van der Waals surface area contributed by atoms with Crippen LogP contribution in [0, 0.1) is 0 Å². The quantitative estimate of drug-likeness (QED) is 0.899. The van der Waals surface area contributed by atoms with E-state index in [4.69, 9.17) is 8.83 Å². The van der Waals surface area contributed by atoms with Crippen molar-refractivity contribution in [1.29, 1.82) is 0 Å². The summed E-state index contributed by atoms with van der Waals surface area (Å²) in [7, 11) is 0. The van der Waals surface area contributed by atoms with E-state index in [9.17, 15) is 9.59 Å². The molecule has 1 fully saturated rings. The van der Waals surface area contributed by atoms with Gasteiger partial charge in [0.25, 0.3) is 11.8 Å². The van der Waals surface area contributed by atoms with Crippen LogP contribution in [0.5, 0.6) is 0 Å². The number of carbonyl (C=O) groups excluding carboxylic acids is 2. The number of oxazole rings is 1. The maximum Gasteiger partial charge on any atom is 0.302 e. The highest BCUT2D eigenvalue weighted by Gasteiger charge is 2.21. The van der Waals surface area contributed by atoms with Crippen molar-refractivity contribution in [1.82, 2.24) is 10.3 Å². The Hall–Kier alpha value is -2.57. The first-order valence-corrected chi connectivity index (χ1v) is 6.83. The molecule has 0 saturated heterocycles. The van der Waals surface area contributed by atoms with E-state index in [0.717, 1.165) is 25.7 Å². The van der Waals surface area contributed by atoms with Crippen molar-refractivity contribution in [2.45, 2.75) is 31.7 Å². The standard InChI is InChI=1S/C14H15N3O4/c18-12(15-9-4-1-2-5-9)10-8-21-14(16-10)17-13(19)11-6-3-7-20-11/h3,6-9H,1-2,4-5H2,(H,15,18)(H,16,17,19). The summed E-state index contributed by atoms with van der Waals surface area (Å²) in [5.41, 5.74) is 0.150. The average molecular weight is 289 g/mol. The van der Waals surface area contributed by atoms with Crippen LogP contribution in [0.2, 0.25) is 0 Å². The Morgan fingerprint density at radius 1 is 1.19 bits per heavy atom. The topological polar surface area (TPSA) is 97.4 Å². The van der Waals surface area contributed by atoms with Crippen LogP contribution >= 0.6 is 0 Å². The van der Waals surface area contributed by atoms with Crippen LogP contribution in [0.4, 0.5) is 6.01 Å². The van der Waals surface area contributed by atoms with Gasteiger partial charge in [-0.3, -0.25) is 14.9 Å². The van der Waals surface area contributed by atoms with Gasteiger partial charge in [-0.05, 0) is 25.0 Å². The number of hydrogen-bond acceptors (Lipinski definition) is 5. The number of rotatable bonds is 4. The first-order valence-electron chi connectivity index (χ1n) is 6.83. The molecular formula is C14H15N3O4. The van der Waals surface area contributed by atoms with Crippen LogP contribution in [-0.4, -0.2) is 22.8 Å². The highest BCUT2D eigenvalue weighted by atomic mass is 16.4. The molecular weight excluding hydrogens is 274 g/mol. The molecule has 7 nitrogen and oxygen atoms in total. The molecule has 7 heteroatoms. The maximum atomic E-state index is 12.0. The molecule has 0 atom stereocenters. The number of amides is 2. The minimum Gasteiger partial charge on any atom is -0.459 e. The lowest BCUT2D eigenvalue weighted by Crippen LogP contribution is -2.32. The van der Waals surface area contributed by atoms with Crippen LogP contribution < -0.4 is 10.6 Å². The van der Waals surface area contributed by atoms with E-state index in [2.05, 4.69) is 15.6 Å². The Morgan fingerprint density at radius 2 is 2.00 bits per heavy atom. The van der Waals surface area contributed by atoms with Crippen molar-refractivity contribution in [3.63, 3.8) is 0 Å². The van der Waals surface area contributed by atoms with Crippen LogP contribution in [0.15, 0.2) is 33.5 Å². The third kappa shape index (κ3) is 3.13. The summed E-state index contributed by atoms with van der Waals surface area (Å²) >= 11 is 0. The largest absolute Gasteiger partial charge is 0.459 e. The number of nitrogens with one attached hydrogen (secondary N) is 2. The van der Waals surface area contributed by atoms with Crippen molar-refractivity contribution >= 4 is 17.8 Å². The Bertz CT molecular complexity index is 626. The number of aromatic nitrogens is 1. The highest BCUT2D eigenvalue weighted by Crippen LogP contribution is 2.18. The molecule has 3 rings (SSSR count). The minimum absolute atomic E-state index is 0.0343. The number of hydrogen-bond donors (Lipinski definition) is 2. The van der Waals surface area contributed by atoms with Crippen LogP contribution in [0.25, 0.3) is 0 Å². The van der Waals surface area contributed by atoms with E-state index < -0.39 is 5.91 Å². The summed E-state index contributed by atoms with van der Waals surface area (Å²) in [4.78, 5) is 27.6. The lowest BCUT2D eigenvalue weighted by Gasteiger charge is -2.09. The molecule has 1 saturated carbocycles. The van der Waals surface area contributed by atoms with Crippen molar-refractivity contribution in [3.8, 4) is 0 Å². The lowest BCUT2D eigenvalue weighted by molar-refractivity contribution is 0.0931. The summed E-state index contributed by atoms with van der Waals surface area (Å²) in [5.74, 6) is -0.626. The normalized spacial score (nSPS) is 15.0. The molecule has 2 aromatic rings. The maximum absolute atomic E-state index is 12.0. The molecule has 2 amide bonds. The summed E-state index contributed by atoms with van der Waals surface area (Å²) in [6, 6.07) is 3.29. The highest BCUT2D eigenvalue weighted by molar-refractivity contribution is 6.01. The first kappa shape index (κ1) is 13.4. The Balaban J connectivity index is 1.60. The molecule has 1 aliphatic rings. The molecule has 2 aromatic heterocycles. The van der Waals surface area contributed by atoms with E-state index in [1.807, 2.05) is 0 Å². The number of carbonyl (C=O) groups is 2. The molecule has 21 heavy (non-hydrogen) atoms. The van der Waals surface area contributed by atoms with Gasteiger partial charge in [-0.15, -0.1) is 0 Å². The third-order valence-corrected chi connectivity index (χ3v) is 3.39. The lowest BCUT2D eigenvalue weighted by atomic mass is 10.2. The monoisotopic (exact) mass is 289 g/mol. The molecule has 110 valence electrons. The second kappa shape index (κ2) is 5.82. The van der Waals surface area contributed by atoms with E-state index in [-0.39, 0.29) is 29.4 Å². The molecule has 0 aromatic carbocycles. The van der Waals surface area contributed by atoms with Crippen LogP contribution in [0.3, 0.4) is 0 Å². The third-order valence-electron chi connectivity index (χ3n) is 3.39. The second-order valence-corrected chi connectivity index (χ2v) is 4.92. The predicted molar refractivity (Wildman–Crippen MR) is 72.9 cm³/mol. The zero-order valence-corrected chi connectivity index (χ0v) is 11.3. The Morgan fingerprint density at radius 3 is 2.71 bits per heavy atom. The van der Waals surface area contributed by atoms with Crippen LogP contribution in [0.1, 0.15) is 46.7 Å². The summed E-state index contributed by atoms with van der Waals surface area (Å²) in [5, 5.41) is 5.32. The Kier molecular flexibility index (Phi) is 3.72. The van der Waals surface area contributed by atoms with Crippen molar-refractivity contribution < 1.29 is 18.4 Å². The van der Waals surface area contributed by atoms with Gasteiger partial charge in [0.1, 0.15) is 6.26 Å². The zero-order valence-electron chi connectivity index (χ0n) is 11.3. The van der Waals surface area contributed by atoms with Crippen LogP contribution in [-0.2, 0) is 0 Å². The van der Waals surface area contributed by atoms with Crippen molar-refractivity contribution in [2.75, 3.05) is 5.32 Å². The van der Waals surface area contributed by atoms with Gasteiger partial charge in [-0.1, -0.05) is 12.8 Å². The minimum atomic E-state index is -0.482. The Labute approximate surface area is 120 Å². The van der Waals surface area contributed by atoms with Gasteiger partial charge in [-0.2, -0.15) is 4.98 Å². The van der Waals surface area contributed by atoms with Gasteiger partial charge in [0.05, 0.1) is 6.26 Å². The zero-order chi connectivity index (χ0) is 14.7. The fourth-order valence-corrected chi connectivity index (χ4v) is 2.33. The molecule has 0 aliphatic heterocycles. The first-order chi connectivity index (χ1) is 10.2. The van der Waals surface area contributed by atoms with E-state index in [1.165, 1.54) is 18.6 Å². The van der Waals surface area contributed by atoms with E-state index in [0.29, 0.717) is 0 Å². The summed E-state index contributed by atoms with van der Waals surface area (Å²) in [6.45, 7) is 0. The molecule has 0 radical (unpaired) electrons. The second-order valence-electron chi connectivity index (χ2n) is 4.92. The van der Waals surface area contributed by atoms with Gasteiger partial charge in [0.2, 0.25) is 0 Å².